The van der Waals surface area contributed by atoms with Gasteiger partial charge in [-0.25, -0.2) is 0 Å². The summed E-state index contributed by atoms with van der Waals surface area (Å²) in [6, 6.07) is 6.81. The molecular weight excluding hydrogens is 296 g/mol. The molecule has 0 saturated heterocycles. The minimum Gasteiger partial charge on any atom is -0.497 e. The lowest BCUT2D eigenvalue weighted by Crippen LogP contribution is -2.47. The molecule has 6 atom stereocenters. The lowest BCUT2D eigenvalue weighted by Gasteiger charge is -2.53. The molecule has 1 aromatic carbocycles. The van der Waals surface area contributed by atoms with Crippen LogP contribution in [0.15, 0.2) is 18.2 Å². The molecule has 0 spiro atoms. The first-order valence-corrected chi connectivity index (χ1v) is 9.96. The molecule has 0 heterocycles. The molecule has 0 unspecified atom stereocenters. The van der Waals surface area contributed by atoms with Crippen molar-refractivity contribution in [2.45, 2.75) is 63.9 Å². The van der Waals surface area contributed by atoms with E-state index in [1.165, 1.54) is 38.5 Å². The van der Waals surface area contributed by atoms with Crippen LogP contribution >= 0.6 is 0 Å². The number of hydrogen-bond acceptors (Lipinski definition) is 2. The third-order valence-corrected chi connectivity index (χ3v) is 8.21. The molecule has 2 nitrogen and oxygen atoms in total. The zero-order valence-electron chi connectivity index (χ0n) is 15.0. The second-order valence-corrected chi connectivity index (χ2v) is 9.20. The Morgan fingerprint density at radius 3 is 2.71 bits per heavy atom. The molecule has 0 aromatic heterocycles. The monoisotopic (exact) mass is 326 g/mol. The van der Waals surface area contributed by atoms with Gasteiger partial charge in [0.2, 0.25) is 0 Å². The largest absolute Gasteiger partial charge is 0.497 e. The fraction of sp³-hybridized carbons (Fsp3) is 0.727. The van der Waals surface area contributed by atoms with E-state index in [-0.39, 0.29) is 11.5 Å². The first-order valence-electron chi connectivity index (χ1n) is 9.96. The molecule has 24 heavy (non-hydrogen) atoms. The molecule has 1 aromatic rings. The predicted octanol–water partition coefficient (Wildman–Crippen LogP) is 4.55. The Morgan fingerprint density at radius 1 is 1.12 bits per heavy atom. The molecule has 2 heteroatoms. The van der Waals surface area contributed by atoms with Crippen molar-refractivity contribution >= 4 is 0 Å². The molecule has 3 saturated carbocycles. The second-order valence-electron chi connectivity index (χ2n) is 9.20. The zero-order chi connectivity index (χ0) is 16.5. The van der Waals surface area contributed by atoms with Gasteiger partial charge in [-0.2, -0.15) is 0 Å². The summed E-state index contributed by atoms with van der Waals surface area (Å²) in [5.41, 5.74) is 3.33. The molecule has 130 valence electrons. The average molecular weight is 326 g/mol. The van der Waals surface area contributed by atoms with Crippen molar-refractivity contribution in [3.8, 4) is 5.75 Å². The highest BCUT2D eigenvalue weighted by Crippen LogP contribution is 2.64. The van der Waals surface area contributed by atoms with Crippen LogP contribution in [0.25, 0.3) is 0 Å². The van der Waals surface area contributed by atoms with E-state index in [0.29, 0.717) is 5.92 Å². The summed E-state index contributed by atoms with van der Waals surface area (Å²) in [6.45, 7) is 2.39. The molecule has 4 aliphatic carbocycles. The number of fused-ring (bicyclic) bond motifs is 5. The van der Waals surface area contributed by atoms with E-state index in [0.717, 1.165) is 35.8 Å². The van der Waals surface area contributed by atoms with Crippen molar-refractivity contribution in [1.82, 2.24) is 0 Å². The molecule has 0 amide bonds. The number of ether oxygens (including phenoxy) is 1. The van der Waals surface area contributed by atoms with Gasteiger partial charge < -0.3 is 9.84 Å². The minimum atomic E-state index is -0.0689. The van der Waals surface area contributed by atoms with Crippen molar-refractivity contribution in [3.63, 3.8) is 0 Å². The Bertz CT molecular complexity index is 649. The van der Waals surface area contributed by atoms with Gasteiger partial charge in [0.25, 0.3) is 0 Å². The van der Waals surface area contributed by atoms with E-state index >= 15 is 0 Å². The highest BCUT2D eigenvalue weighted by Gasteiger charge is 2.58. The van der Waals surface area contributed by atoms with Crippen LogP contribution in [0.4, 0.5) is 0 Å². The lowest BCUT2D eigenvalue weighted by molar-refractivity contribution is -0.0414. The van der Waals surface area contributed by atoms with Gasteiger partial charge in [0.05, 0.1) is 13.2 Å². The van der Waals surface area contributed by atoms with Gasteiger partial charge in [-0.05, 0) is 103 Å². The average Bonchev–Trinajstić information content (AvgIpc) is 3.39. The van der Waals surface area contributed by atoms with E-state index in [2.05, 4.69) is 25.1 Å². The van der Waals surface area contributed by atoms with E-state index in [4.69, 9.17) is 4.74 Å². The Balaban J connectivity index is 1.58. The lowest BCUT2D eigenvalue weighted by atomic mass is 9.52. The molecule has 0 bridgehead atoms. The van der Waals surface area contributed by atoms with Gasteiger partial charge in [-0.1, -0.05) is 13.0 Å². The Morgan fingerprint density at radius 2 is 1.96 bits per heavy atom. The first kappa shape index (κ1) is 15.3. The maximum Gasteiger partial charge on any atom is 0.119 e. The summed E-state index contributed by atoms with van der Waals surface area (Å²) in [5, 5.41) is 10.7. The number of benzene rings is 1. The second kappa shape index (κ2) is 5.24. The van der Waals surface area contributed by atoms with Crippen LogP contribution in [0.5, 0.6) is 5.75 Å². The van der Waals surface area contributed by atoms with Crippen LogP contribution in [-0.2, 0) is 6.42 Å². The van der Waals surface area contributed by atoms with Crippen LogP contribution in [0.1, 0.15) is 62.5 Å². The summed E-state index contributed by atoms with van der Waals surface area (Å²) in [7, 11) is 1.78. The van der Waals surface area contributed by atoms with E-state index in [1.807, 2.05) is 0 Å². The van der Waals surface area contributed by atoms with E-state index in [9.17, 15) is 5.11 Å². The standard InChI is InChI=1S/C22H30O2/c1-22-10-9-17-16-6-5-15(24-2)11-14(16)12-18(13-3-4-13)21(17)19(22)7-8-20(22)23/h5-6,11,13,17-21,23H,3-4,7-10,12H2,1-2H3/t17-,18+,19+,20+,21+,22+/m1/s1. The first-order chi connectivity index (χ1) is 11.6. The van der Waals surface area contributed by atoms with Gasteiger partial charge in [0.15, 0.2) is 0 Å². The fourth-order valence-corrected chi connectivity index (χ4v) is 6.77. The van der Waals surface area contributed by atoms with Gasteiger partial charge >= 0.3 is 0 Å². The van der Waals surface area contributed by atoms with E-state index < -0.39 is 0 Å². The fourth-order valence-electron chi connectivity index (χ4n) is 6.77. The zero-order valence-corrected chi connectivity index (χ0v) is 15.0. The molecule has 0 radical (unpaired) electrons. The quantitative estimate of drug-likeness (QED) is 0.864. The molecule has 5 rings (SSSR count). The molecule has 3 fully saturated rings. The van der Waals surface area contributed by atoms with Crippen LogP contribution in [0, 0.1) is 29.1 Å². The Labute approximate surface area is 145 Å². The van der Waals surface area contributed by atoms with Gasteiger partial charge in [0.1, 0.15) is 5.75 Å². The van der Waals surface area contributed by atoms with Crippen molar-refractivity contribution in [1.29, 1.82) is 0 Å². The maximum atomic E-state index is 10.7. The summed E-state index contributed by atoms with van der Waals surface area (Å²) >= 11 is 0. The topological polar surface area (TPSA) is 29.5 Å². The molecule has 4 aliphatic rings. The molecular formula is C22H30O2. The molecule has 0 aliphatic heterocycles. The van der Waals surface area contributed by atoms with Crippen molar-refractivity contribution in [2.75, 3.05) is 7.11 Å². The third kappa shape index (κ3) is 2.05. The smallest absolute Gasteiger partial charge is 0.119 e. The summed E-state index contributed by atoms with van der Waals surface area (Å²) in [4.78, 5) is 0. The van der Waals surface area contributed by atoms with Crippen LogP contribution in [0.3, 0.4) is 0 Å². The van der Waals surface area contributed by atoms with Gasteiger partial charge in [0, 0.05) is 0 Å². The van der Waals surface area contributed by atoms with Crippen LogP contribution in [0.2, 0.25) is 0 Å². The van der Waals surface area contributed by atoms with Gasteiger partial charge in [-0.3, -0.25) is 0 Å². The normalized spacial score (nSPS) is 43.7. The Hall–Kier alpha value is -1.02. The third-order valence-electron chi connectivity index (χ3n) is 8.21. The number of hydrogen-bond donors (Lipinski definition) is 1. The molecule has 1 N–H and O–H groups in total. The number of methoxy groups -OCH3 is 1. The van der Waals surface area contributed by atoms with Crippen LogP contribution in [-0.4, -0.2) is 18.3 Å². The van der Waals surface area contributed by atoms with Crippen molar-refractivity contribution in [2.24, 2.45) is 29.1 Å². The maximum absolute atomic E-state index is 10.7. The van der Waals surface area contributed by atoms with Crippen molar-refractivity contribution < 1.29 is 9.84 Å². The predicted molar refractivity (Wildman–Crippen MR) is 95.2 cm³/mol. The summed E-state index contributed by atoms with van der Waals surface area (Å²) in [5.74, 6) is 5.04. The SMILES string of the molecule is COc1ccc2c(c1)C[C@@H](C1CC1)[C@@H]1[C@@H]2CC[C@]2(C)[C@@H](O)CC[C@@H]12. The highest BCUT2D eigenvalue weighted by atomic mass is 16.5. The van der Waals surface area contributed by atoms with Crippen molar-refractivity contribution in [3.05, 3.63) is 29.3 Å². The minimum absolute atomic E-state index is 0.0689. The number of rotatable bonds is 2. The summed E-state index contributed by atoms with van der Waals surface area (Å²) < 4.78 is 5.49. The van der Waals surface area contributed by atoms with E-state index in [1.54, 1.807) is 18.2 Å². The summed E-state index contributed by atoms with van der Waals surface area (Å²) in [6.07, 6.45) is 8.75. The number of aliphatic hydroxyl groups excluding tert-OH is 1. The van der Waals surface area contributed by atoms with Crippen LogP contribution < -0.4 is 4.74 Å². The number of aliphatic hydroxyl groups is 1. The van der Waals surface area contributed by atoms with Gasteiger partial charge in [-0.15, -0.1) is 0 Å². The highest BCUT2D eigenvalue weighted by molar-refractivity contribution is 5.41. The Kier molecular flexibility index (Phi) is 3.33.